The van der Waals surface area contributed by atoms with Crippen LogP contribution >= 0.6 is 0 Å². The van der Waals surface area contributed by atoms with Gasteiger partial charge in [0.1, 0.15) is 5.84 Å². The van der Waals surface area contributed by atoms with E-state index in [9.17, 15) is 8.78 Å². The number of anilines is 2. The van der Waals surface area contributed by atoms with Crippen molar-refractivity contribution in [3.05, 3.63) is 37.1 Å². The number of nitrogens with one attached hydrogen (secondary N) is 1. The number of aliphatic imine (C=N–C) groups is 1. The van der Waals surface area contributed by atoms with Crippen LogP contribution in [0.3, 0.4) is 0 Å². The fourth-order valence-electron chi connectivity index (χ4n) is 2.39. The molecule has 22 heavy (non-hydrogen) atoms. The lowest BCUT2D eigenvalue weighted by Gasteiger charge is -2.29. The SMILES string of the molecule is C=CN(C)c1cc2c(cc1N(C)CC(F)F)C(=C)NC(C)=N2. The highest BCUT2D eigenvalue weighted by molar-refractivity contribution is 5.98. The normalized spacial score (nSPS) is 13.4. The molecular weight excluding hydrogens is 286 g/mol. The zero-order valence-electron chi connectivity index (χ0n) is 13.0. The van der Waals surface area contributed by atoms with Gasteiger partial charge in [-0.1, -0.05) is 13.2 Å². The van der Waals surface area contributed by atoms with Gasteiger partial charge in [0.05, 0.1) is 23.6 Å². The zero-order chi connectivity index (χ0) is 16.4. The number of hydrogen-bond donors (Lipinski definition) is 1. The van der Waals surface area contributed by atoms with Gasteiger partial charge in [-0.3, -0.25) is 0 Å². The summed E-state index contributed by atoms with van der Waals surface area (Å²) in [5.74, 6) is 0.749. The van der Waals surface area contributed by atoms with E-state index in [4.69, 9.17) is 0 Å². The summed E-state index contributed by atoms with van der Waals surface area (Å²) in [5.41, 5.74) is 3.73. The Labute approximate surface area is 129 Å². The van der Waals surface area contributed by atoms with E-state index in [-0.39, 0.29) is 6.54 Å². The second kappa shape index (κ2) is 6.17. The van der Waals surface area contributed by atoms with Gasteiger partial charge in [-0.15, -0.1) is 0 Å². The summed E-state index contributed by atoms with van der Waals surface area (Å²) >= 11 is 0. The molecule has 0 saturated carbocycles. The first-order valence-corrected chi connectivity index (χ1v) is 6.87. The Balaban J connectivity index is 2.58. The highest BCUT2D eigenvalue weighted by Gasteiger charge is 2.20. The van der Waals surface area contributed by atoms with E-state index in [1.807, 2.05) is 26.1 Å². The molecule has 0 amide bonds. The van der Waals surface area contributed by atoms with Crippen molar-refractivity contribution in [3.63, 3.8) is 0 Å². The average Bonchev–Trinajstić information content (AvgIpc) is 2.44. The van der Waals surface area contributed by atoms with Crippen LogP contribution in [0, 0.1) is 0 Å². The lowest BCUT2D eigenvalue weighted by Crippen LogP contribution is -2.27. The third-order valence-corrected chi connectivity index (χ3v) is 3.51. The van der Waals surface area contributed by atoms with Crippen molar-refractivity contribution in [1.29, 1.82) is 0 Å². The number of fused-ring (bicyclic) bond motifs is 1. The van der Waals surface area contributed by atoms with Crippen LogP contribution in [0.25, 0.3) is 5.70 Å². The van der Waals surface area contributed by atoms with E-state index in [1.165, 1.54) is 4.90 Å². The fraction of sp³-hybridized carbons (Fsp3) is 0.312. The number of benzene rings is 1. The van der Waals surface area contributed by atoms with Crippen molar-refractivity contribution in [2.24, 2.45) is 4.99 Å². The molecular formula is C16H20F2N4. The summed E-state index contributed by atoms with van der Waals surface area (Å²) in [7, 11) is 3.46. The van der Waals surface area contributed by atoms with Crippen LogP contribution in [-0.4, -0.2) is 32.9 Å². The standard InChI is InChI=1S/C16H20F2N4/c1-6-21(4)15-8-13-12(10(2)19-11(3)20-13)7-14(15)22(5)9-16(17)18/h6-8,16H,1-2,9H2,3-5H3,(H,19,20). The van der Waals surface area contributed by atoms with Gasteiger partial charge in [0.25, 0.3) is 6.43 Å². The molecule has 1 aromatic carbocycles. The van der Waals surface area contributed by atoms with Crippen LogP contribution in [0.5, 0.6) is 0 Å². The number of amidine groups is 1. The molecule has 0 unspecified atom stereocenters. The molecule has 118 valence electrons. The van der Waals surface area contributed by atoms with Crippen molar-refractivity contribution in [3.8, 4) is 0 Å². The van der Waals surface area contributed by atoms with Gasteiger partial charge in [-0.25, -0.2) is 13.8 Å². The minimum Gasteiger partial charge on any atom is -0.367 e. The minimum absolute atomic E-state index is 0.348. The summed E-state index contributed by atoms with van der Waals surface area (Å²) in [6, 6.07) is 3.70. The molecule has 1 aliphatic rings. The van der Waals surface area contributed by atoms with Gasteiger partial charge in [-0.2, -0.15) is 0 Å². The number of hydrogen-bond acceptors (Lipinski definition) is 4. The first-order valence-electron chi connectivity index (χ1n) is 6.87. The highest BCUT2D eigenvalue weighted by atomic mass is 19.3. The van der Waals surface area contributed by atoms with E-state index in [0.29, 0.717) is 11.4 Å². The zero-order valence-corrected chi connectivity index (χ0v) is 13.0. The summed E-state index contributed by atoms with van der Waals surface area (Å²) in [5, 5.41) is 3.06. The molecule has 0 aromatic heterocycles. The van der Waals surface area contributed by atoms with E-state index < -0.39 is 6.43 Å². The molecule has 0 atom stereocenters. The molecule has 0 fully saturated rings. The molecule has 1 aromatic rings. The van der Waals surface area contributed by atoms with Crippen LogP contribution in [0.15, 0.2) is 36.5 Å². The third kappa shape index (κ3) is 3.10. The van der Waals surface area contributed by atoms with Gasteiger partial charge < -0.3 is 15.1 Å². The first-order chi connectivity index (χ1) is 10.3. The maximum atomic E-state index is 12.7. The van der Waals surface area contributed by atoms with Crippen LogP contribution in [0.2, 0.25) is 0 Å². The Kier molecular flexibility index (Phi) is 4.49. The van der Waals surface area contributed by atoms with Crippen molar-refractivity contribution in [1.82, 2.24) is 5.32 Å². The molecule has 0 radical (unpaired) electrons. The summed E-state index contributed by atoms with van der Waals surface area (Å²) in [6.07, 6.45) is -0.780. The maximum Gasteiger partial charge on any atom is 0.255 e. The van der Waals surface area contributed by atoms with Gasteiger partial charge >= 0.3 is 0 Å². The van der Waals surface area contributed by atoms with E-state index in [0.717, 1.165) is 22.8 Å². The fourth-order valence-corrected chi connectivity index (χ4v) is 2.39. The van der Waals surface area contributed by atoms with E-state index >= 15 is 0 Å². The van der Waals surface area contributed by atoms with E-state index in [2.05, 4.69) is 23.5 Å². The molecule has 1 aliphatic heterocycles. The van der Waals surface area contributed by atoms with Crippen LogP contribution in [0.4, 0.5) is 25.8 Å². The molecule has 0 bridgehead atoms. The number of alkyl halides is 2. The second-order valence-electron chi connectivity index (χ2n) is 5.22. The molecule has 2 rings (SSSR count). The predicted molar refractivity (Wildman–Crippen MR) is 89.3 cm³/mol. The highest BCUT2D eigenvalue weighted by Crippen LogP contribution is 2.39. The Morgan fingerprint density at radius 1 is 1.32 bits per heavy atom. The molecule has 6 heteroatoms. The third-order valence-electron chi connectivity index (χ3n) is 3.51. The lowest BCUT2D eigenvalue weighted by molar-refractivity contribution is 0.156. The van der Waals surface area contributed by atoms with Crippen LogP contribution < -0.4 is 15.1 Å². The van der Waals surface area contributed by atoms with Crippen LogP contribution in [-0.2, 0) is 0 Å². The van der Waals surface area contributed by atoms with Gasteiger partial charge in [0.15, 0.2) is 0 Å². The topological polar surface area (TPSA) is 30.9 Å². The molecule has 0 saturated heterocycles. The number of rotatable bonds is 5. The van der Waals surface area contributed by atoms with Gasteiger partial charge in [0.2, 0.25) is 0 Å². The Morgan fingerprint density at radius 2 is 2.00 bits per heavy atom. The largest absolute Gasteiger partial charge is 0.367 e. The van der Waals surface area contributed by atoms with Crippen LogP contribution in [0.1, 0.15) is 12.5 Å². The van der Waals surface area contributed by atoms with Crippen molar-refractivity contribution in [2.75, 3.05) is 30.4 Å². The molecule has 1 N–H and O–H groups in total. The van der Waals surface area contributed by atoms with Crippen molar-refractivity contribution < 1.29 is 8.78 Å². The number of nitrogens with zero attached hydrogens (tertiary/aromatic N) is 3. The molecule has 4 nitrogen and oxygen atoms in total. The Bertz CT molecular complexity index is 637. The summed E-state index contributed by atoms with van der Waals surface area (Å²) < 4.78 is 25.5. The predicted octanol–water partition coefficient (Wildman–Crippen LogP) is 3.59. The van der Waals surface area contributed by atoms with Gasteiger partial charge in [-0.05, 0) is 25.3 Å². The monoisotopic (exact) mass is 306 g/mol. The molecule has 1 heterocycles. The summed E-state index contributed by atoms with van der Waals surface area (Å²) in [4.78, 5) is 7.76. The molecule has 0 spiro atoms. The Hall–Kier alpha value is -2.37. The van der Waals surface area contributed by atoms with Crippen molar-refractivity contribution >= 4 is 28.6 Å². The minimum atomic E-state index is -2.41. The quantitative estimate of drug-likeness (QED) is 0.902. The first kappa shape index (κ1) is 16.0. The smallest absolute Gasteiger partial charge is 0.255 e. The maximum absolute atomic E-state index is 12.7. The molecule has 0 aliphatic carbocycles. The van der Waals surface area contributed by atoms with Gasteiger partial charge in [0, 0.05) is 25.4 Å². The van der Waals surface area contributed by atoms with Crippen molar-refractivity contribution in [2.45, 2.75) is 13.3 Å². The van der Waals surface area contributed by atoms with E-state index in [1.54, 1.807) is 18.1 Å². The summed E-state index contributed by atoms with van der Waals surface area (Å²) in [6.45, 7) is 9.20. The number of halogens is 2. The Morgan fingerprint density at radius 3 is 2.59 bits per heavy atom. The lowest BCUT2D eigenvalue weighted by atomic mass is 10.0. The average molecular weight is 306 g/mol. The second-order valence-corrected chi connectivity index (χ2v) is 5.22.